The highest BCUT2D eigenvalue weighted by Gasteiger charge is 2.29. The summed E-state index contributed by atoms with van der Waals surface area (Å²) in [5.41, 5.74) is 2.77. The van der Waals surface area contributed by atoms with Crippen molar-refractivity contribution in [1.29, 1.82) is 0 Å². The van der Waals surface area contributed by atoms with Crippen molar-refractivity contribution in [2.45, 2.75) is 6.92 Å². The Morgan fingerprint density at radius 1 is 0.964 bits per heavy atom. The van der Waals surface area contributed by atoms with Crippen molar-refractivity contribution in [3.63, 3.8) is 0 Å². The van der Waals surface area contributed by atoms with Gasteiger partial charge in [0.25, 0.3) is 5.91 Å². The van der Waals surface area contributed by atoms with Gasteiger partial charge in [-0.2, -0.15) is 10.1 Å². The molecule has 0 N–H and O–H groups in total. The first-order valence-electron chi connectivity index (χ1n) is 8.94. The highest BCUT2D eigenvalue weighted by atomic mass is 16.5. The van der Waals surface area contributed by atoms with Gasteiger partial charge in [-0.25, -0.2) is 0 Å². The van der Waals surface area contributed by atoms with Crippen molar-refractivity contribution < 1.29 is 14.3 Å². The van der Waals surface area contributed by atoms with Crippen LogP contribution in [0.25, 0.3) is 16.8 Å². The first-order chi connectivity index (χ1) is 13.6. The van der Waals surface area contributed by atoms with Gasteiger partial charge >= 0.3 is 0 Å². The first kappa shape index (κ1) is 17.8. The van der Waals surface area contributed by atoms with Crippen LogP contribution in [0.1, 0.15) is 12.5 Å². The molecule has 0 unspecified atom stereocenters. The Morgan fingerprint density at radius 2 is 1.71 bits per heavy atom. The van der Waals surface area contributed by atoms with E-state index in [0.29, 0.717) is 17.0 Å². The summed E-state index contributed by atoms with van der Waals surface area (Å²) in [6.45, 7) is 1.84. The largest absolute Gasteiger partial charge is 0.497 e. The van der Waals surface area contributed by atoms with Crippen LogP contribution in [-0.2, 0) is 4.79 Å². The number of amides is 1. The van der Waals surface area contributed by atoms with E-state index in [1.807, 2.05) is 73.7 Å². The molecule has 4 rings (SSSR count). The lowest BCUT2D eigenvalue weighted by atomic mass is 9.99. The highest BCUT2D eigenvalue weighted by molar-refractivity contribution is 6.32. The Bertz CT molecular complexity index is 1110. The maximum Gasteiger partial charge on any atom is 0.280 e. The Labute approximate surface area is 163 Å². The van der Waals surface area contributed by atoms with Gasteiger partial charge in [0.1, 0.15) is 11.5 Å². The summed E-state index contributed by atoms with van der Waals surface area (Å²) in [6.07, 6.45) is 1.85. The standard InChI is InChI=1S/C23H20N2O3/c1-15-19(23(26)25(24-15)17-7-5-4-6-8-17)14-21-20-13-18(27-2)11-9-16(20)10-12-22(21)28-3/h4-14H,1-3H3/b19-14+. The van der Waals surface area contributed by atoms with Crippen LogP contribution < -0.4 is 14.5 Å². The molecule has 0 spiro atoms. The van der Waals surface area contributed by atoms with Crippen LogP contribution >= 0.6 is 0 Å². The summed E-state index contributed by atoms with van der Waals surface area (Å²) in [7, 11) is 3.26. The van der Waals surface area contributed by atoms with Crippen LogP contribution in [-0.4, -0.2) is 25.8 Å². The first-order valence-corrected chi connectivity index (χ1v) is 8.94. The number of methoxy groups -OCH3 is 2. The predicted molar refractivity (Wildman–Crippen MR) is 112 cm³/mol. The fourth-order valence-corrected chi connectivity index (χ4v) is 3.33. The third kappa shape index (κ3) is 3.01. The Hall–Kier alpha value is -3.60. The molecule has 5 nitrogen and oxygen atoms in total. The van der Waals surface area contributed by atoms with Gasteiger partial charge in [-0.3, -0.25) is 4.79 Å². The van der Waals surface area contributed by atoms with E-state index in [4.69, 9.17) is 9.47 Å². The van der Waals surface area contributed by atoms with Crippen molar-refractivity contribution in [3.05, 3.63) is 71.8 Å². The monoisotopic (exact) mass is 372 g/mol. The molecule has 0 saturated carbocycles. The molecular formula is C23H20N2O3. The number of hydrogen-bond donors (Lipinski definition) is 0. The molecular weight excluding hydrogens is 352 g/mol. The molecule has 1 aliphatic rings. The molecule has 0 bridgehead atoms. The van der Waals surface area contributed by atoms with Gasteiger partial charge in [0, 0.05) is 5.56 Å². The minimum Gasteiger partial charge on any atom is -0.497 e. The SMILES string of the molecule is COc1ccc2ccc(OC)c(/C=C3/C(=O)N(c4ccccc4)N=C3C)c2c1. The fraction of sp³-hybridized carbons (Fsp3) is 0.130. The third-order valence-corrected chi connectivity index (χ3v) is 4.80. The molecule has 140 valence electrons. The molecule has 3 aromatic rings. The molecule has 0 saturated heterocycles. The summed E-state index contributed by atoms with van der Waals surface area (Å²) in [6, 6.07) is 19.1. The molecule has 0 atom stereocenters. The number of fused-ring (bicyclic) bond motifs is 1. The molecule has 3 aromatic carbocycles. The molecule has 0 aliphatic carbocycles. The average Bonchev–Trinajstić information content (AvgIpc) is 3.02. The van der Waals surface area contributed by atoms with Gasteiger partial charge in [-0.15, -0.1) is 0 Å². The van der Waals surface area contributed by atoms with Gasteiger partial charge in [-0.1, -0.05) is 30.3 Å². The number of hydrogen-bond acceptors (Lipinski definition) is 4. The van der Waals surface area contributed by atoms with Gasteiger partial charge in [0.2, 0.25) is 0 Å². The molecule has 1 amide bonds. The van der Waals surface area contributed by atoms with E-state index in [1.165, 1.54) is 5.01 Å². The predicted octanol–water partition coefficient (Wildman–Crippen LogP) is 4.66. The highest BCUT2D eigenvalue weighted by Crippen LogP contribution is 2.34. The lowest BCUT2D eigenvalue weighted by Crippen LogP contribution is -2.21. The summed E-state index contributed by atoms with van der Waals surface area (Å²) in [5.74, 6) is 1.27. The van der Waals surface area contributed by atoms with Crippen molar-refractivity contribution in [2.24, 2.45) is 5.10 Å². The van der Waals surface area contributed by atoms with E-state index >= 15 is 0 Å². The summed E-state index contributed by atoms with van der Waals surface area (Å²) in [5, 5.41) is 7.87. The topological polar surface area (TPSA) is 51.1 Å². The number of hydrazone groups is 1. The summed E-state index contributed by atoms with van der Waals surface area (Å²) in [4.78, 5) is 13.1. The van der Waals surface area contributed by atoms with Gasteiger partial charge < -0.3 is 9.47 Å². The molecule has 5 heteroatoms. The zero-order valence-electron chi connectivity index (χ0n) is 16.0. The van der Waals surface area contributed by atoms with E-state index < -0.39 is 0 Å². The molecule has 1 heterocycles. The van der Waals surface area contributed by atoms with Crippen molar-refractivity contribution in [2.75, 3.05) is 19.2 Å². The second-order valence-electron chi connectivity index (χ2n) is 6.46. The van der Waals surface area contributed by atoms with Gasteiger partial charge in [0.05, 0.1) is 31.2 Å². The van der Waals surface area contributed by atoms with Crippen LogP contribution in [0.5, 0.6) is 11.5 Å². The number of ether oxygens (including phenoxy) is 2. The second-order valence-corrected chi connectivity index (χ2v) is 6.46. The molecule has 0 aromatic heterocycles. The van der Waals surface area contributed by atoms with E-state index in [0.717, 1.165) is 27.8 Å². The minimum atomic E-state index is -0.161. The van der Waals surface area contributed by atoms with Crippen LogP contribution in [0.15, 0.2) is 71.3 Å². The van der Waals surface area contributed by atoms with Crippen molar-refractivity contribution in [3.8, 4) is 11.5 Å². The molecule has 28 heavy (non-hydrogen) atoms. The van der Waals surface area contributed by atoms with E-state index in [1.54, 1.807) is 14.2 Å². The normalized spacial score (nSPS) is 15.2. The number of benzene rings is 3. The van der Waals surface area contributed by atoms with Gasteiger partial charge in [-0.05, 0) is 54.1 Å². The van der Waals surface area contributed by atoms with Gasteiger partial charge in [0.15, 0.2) is 0 Å². The quantitative estimate of drug-likeness (QED) is 0.626. The summed E-state index contributed by atoms with van der Waals surface area (Å²) >= 11 is 0. The lowest BCUT2D eigenvalue weighted by molar-refractivity contribution is -0.114. The number of carbonyl (C=O) groups excluding carboxylic acids is 1. The number of carbonyl (C=O) groups is 1. The Balaban J connectivity index is 1.86. The Kier molecular flexibility index (Phi) is 4.57. The van der Waals surface area contributed by atoms with Crippen LogP contribution in [0.4, 0.5) is 5.69 Å². The number of para-hydroxylation sites is 1. The number of anilines is 1. The molecule has 0 fully saturated rings. The number of rotatable bonds is 4. The molecule has 1 aliphatic heterocycles. The van der Waals surface area contributed by atoms with E-state index in [-0.39, 0.29) is 5.91 Å². The number of nitrogens with zero attached hydrogens (tertiary/aromatic N) is 2. The van der Waals surface area contributed by atoms with Crippen molar-refractivity contribution in [1.82, 2.24) is 0 Å². The fourth-order valence-electron chi connectivity index (χ4n) is 3.33. The zero-order valence-corrected chi connectivity index (χ0v) is 16.0. The lowest BCUT2D eigenvalue weighted by Gasteiger charge is -2.12. The van der Waals surface area contributed by atoms with Crippen LogP contribution in [0, 0.1) is 0 Å². The van der Waals surface area contributed by atoms with E-state index in [2.05, 4.69) is 5.10 Å². The summed E-state index contributed by atoms with van der Waals surface area (Å²) < 4.78 is 10.9. The smallest absolute Gasteiger partial charge is 0.280 e. The Morgan fingerprint density at radius 3 is 2.43 bits per heavy atom. The average molecular weight is 372 g/mol. The zero-order chi connectivity index (χ0) is 19.7. The second kappa shape index (κ2) is 7.19. The van der Waals surface area contributed by atoms with E-state index in [9.17, 15) is 4.79 Å². The van der Waals surface area contributed by atoms with Crippen molar-refractivity contribution >= 4 is 34.2 Å². The van der Waals surface area contributed by atoms with Crippen LogP contribution in [0.3, 0.4) is 0 Å². The maximum atomic E-state index is 13.1. The third-order valence-electron chi connectivity index (χ3n) is 4.80. The maximum absolute atomic E-state index is 13.1. The van der Waals surface area contributed by atoms with Crippen LogP contribution in [0.2, 0.25) is 0 Å². The minimum absolute atomic E-state index is 0.161. The molecule has 0 radical (unpaired) electrons.